The van der Waals surface area contributed by atoms with Crippen molar-refractivity contribution in [2.24, 2.45) is 0 Å². The lowest BCUT2D eigenvalue weighted by Gasteiger charge is -2.35. The molecule has 1 aromatic heterocycles. The van der Waals surface area contributed by atoms with Gasteiger partial charge in [0, 0.05) is 36.9 Å². The number of nitrogens with zero attached hydrogens (tertiary/aromatic N) is 1. The van der Waals surface area contributed by atoms with E-state index in [1.807, 2.05) is 11.3 Å². The highest BCUT2D eigenvalue weighted by Crippen LogP contribution is 2.36. The highest BCUT2D eigenvalue weighted by atomic mass is 32.1. The van der Waals surface area contributed by atoms with E-state index in [1.165, 1.54) is 21.2 Å². The van der Waals surface area contributed by atoms with Crippen LogP contribution in [0.3, 0.4) is 0 Å². The number of hydrogen-bond donors (Lipinski definition) is 1. The lowest BCUT2D eigenvalue weighted by Crippen LogP contribution is -2.45. The van der Waals surface area contributed by atoms with Crippen LogP contribution in [0.4, 0.5) is 0 Å². The minimum absolute atomic E-state index is 0.478. The van der Waals surface area contributed by atoms with Gasteiger partial charge in [-0.25, -0.2) is 0 Å². The number of piperazine rings is 1. The van der Waals surface area contributed by atoms with Crippen molar-refractivity contribution in [3.8, 4) is 0 Å². The Labute approximate surface area is 125 Å². The van der Waals surface area contributed by atoms with E-state index in [0.717, 1.165) is 32.6 Å². The SMILES string of the molecule is C=C(C)C[C@@H](c1csc2ccccc12)N1CCNCC1. The van der Waals surface area contributed by atoms with E-state index in [4.69, 9.17) is 0 Å². The van der Waals surface area contributed by atoms with Gasteiger partial charge in [-0.3, -0.25) is 4.90 Å². The molecule has 1 aliphatic heterocycles. The molecule has 3 heteroatoms. The van der Waals surface area contributed by atoms with Crippen LogP contribution in [0, 0.1) is 0 Å². The molecule has 1 N–H and O–H groups in total. The van der Waals surface area contributed by atoms with Crippen LogP contribution in [0.5, 0.6) is 0 Å². The van der Waals surface area contributed by atoms with Gasteiger partial charge in [0.1, 0.15) is 0 Å². The zero-order chi connectivity index (χ0) is 13.9. The van der Waals surface area contributed by atoms with Gasteiger partial charge in [0.05, 0.1) is 0 Å². The van der Waals surface area contributed by atoms with Gasteiger partial charge in [-0.05, 0) is 35.7 Å². The summed E-state index contributed by atoms with van der Waals surface area (Å²) in [6.45, 7) is 10.7. The van der Waals surface area contributed by atoms with Gasteiger partial charge in [-0.15, -0.1) is 17.9 Å². The van der Waals surface area contributed by atoms with E-state index in [1.54, 1.807) is 0 Å². The van der Waals surface area contributed by atoms with Crippen molar-refractivity contribution in [2.45, 2.75) is 19.4 Å². The Morgan fingerprint density at radius 3 is 2.85 bits per heavy atom. The van der Waals surface area contributed by atoms with E-state index in [-0.39, 0.29) is 0 Å². The molecule has 1 atom stereocenters. The number of hydrogen-bond acceptors (Lipinski definition) is 3. The highest BCUT2D eigenvalue weighted by molar-refractivity contribution is 7.17. The fraction of sp³-hybridized carbons (Fsp3) is 0.412. The maximum absolute atomic E-state index is 4.14. The van der Waals surface area contributed by atoms with E-state index in [9.17, 15) is 0 Å². The molecule has 0 saturated carbocycles. The standard InChI is InChI=1S/C17H22N2S/c1-13(2)11-16(19-9-7-18-8-10-19)15-12-20-17-6-4-3-5-14(15)17/h3-6,12,16,18H,1,7-11H2,2H3/t16-/m0/s1. The first-order valence-electron chi connectivity index (χ1n) is 7.31. The molecule has 3 rings (SSSR count). The molecule has 106 valence electrons. The Morgan fingerprint density at radius 2 is 2.10 bits per heavy atom. The predicted molar refractivity (Wildman–Crippen MR) is 88.4 cm³/mol. The fourth-order valence-electron chi connectivity index (χ4n) is 3.02. The van der Waals surface area contributed by atoms with Crippen LogP contribution in [-0.2, 0) is 0 Å². The summed E-state index contributed by atoms with van der Waals surface area (Å²) in [6, 6.07) is 9.23. The molecular formula is C17H22N2S. The monoisotopic (exact) mass is 286 g/mol. The molecule has 0 bridgehead atoms. The Balaban J connectivity index is 1.97. The third kappa shape index (κ3) is 2.80. The number of nitrogens with one attached hydrogen (secondary N) is 1. The van der Waals surface area contributed by atoms with Crippen molar-refractivity contribution in [1.29, 1.82) is 0 Å². The van der Waals surface area contributed by atoms with Gasteiger partial charge >= 0.3 is 0 Å². The maximum atomic E-state index is 4.14. The van der Waals surface area contributed by atoms with Crippen LogP contribution in [0.25, 0.3) is 10.1 Å². The van der Waals surface area contributed by atoms with Gasteiger partial charge in [-0.2, -0.15) is 0 Å². The van der Waals surface area contributed by atoms with Gasteiger partial charge in [-0.1, -0.05) is 23.8 Å². The lowest BCUT2D eigenvalue weighted by molar-refractivity contribution is 0.173. The topological polar surface area (TPSA) is 15.3 Å². The summed E-state index contributed by atoms with van der Waals surface area (Å²) in [5.41, 5.74) is 2.75. The molecule has 2 heterocycles. The smallest absolute Gasteiger partial charge is 0.0400 e. The quantitative estimate of drug-likeness (QED) is 0.860. The van der Waals surface area contributed by atoms with E-state index < -0.39 is 0 Å². The zero-order valence-electron chi connectivity index (χ0n) is 12.1. The number of thiophene rings is 1. The van der Waals surface area contributed by atoms with Gasteiger partial charge in [0.15, 0.2) is 0 Å². The second kappa shape index (κ2) is 6.08. The molecule has 2 nitrogen and oxygen atoms in total. The van der Waals surface area contributed by atoms with Crippen LogP contribution in [0.1, 0.15) is 24.9 Å². The van der Waals surface area contributed by atoms with Crippen molar-refractivity contribution >= 4 is 21.4 Å². The van der Waals surface area contributed by atoms with Gasteiger partial charge < -0.3 is 5.32 Å². The lowest BCUT2D eigenvalue weighted by atomic mass is 9.97. The minimum Gasteiger partial charge on any atom is -0.314 e. The van der Waals surface area contributed by atoms with Crippen LogP contribution in [0.2, 0.25) is 0 Å². The molecule has 1 aliphatic rings. The summed E-state index contributed by atoms with van der Waals surface area (Å²) in [7, 11) is 0. The molecule has 0 aliphatic carbocycles. The van der Waals surface area contributed by atoms with E-state index in [0.29, 0.717) is 6.04 Å². The summed E-state index contributed by atoms with van der Waals surface area (Å²) in [4.78, 5) is 2.61. The van der Waals surface area contributed by atoms with Crippen LogP contribution >= 0.6 is 11.3 Å². The van der Waals surface area contributed by atoms with Gasteiger partial charge in [0.25, 0.3) is 0 Å². The van der Waals surface area contributed by atoms with Crippen molar-refractivity contribution in [3.05, 3.63) is 47.4 Å². The Hall–Kier alpha value is -1.16. The summed E-state index contributed by atoms with van der Waals surface area (Å²) < 4.78 is 1.39. The Kier molecular flexibility index (Phi) is 4.20. The fourth-order valence-corrected chi connectivity index (χ4v) is 4.02. The molecule has 2 aromatic rings. The first kappa shape index (κ1) is 13.8. The molecule has 1 saturated heterocycles. The molecule has 0 spiro atoms. The van der Waals surface area contributed by atoms with Crippen molar-refractivity contribution in [2.75, 3.05) is 26.2 Å². The summed E-state index contributed by atoms with van der Waals surface area (Å²) in [5.74, 6) is 0. The average Bonchev–Trinajstić information content (AvgIpc) is 2.89. The molecule has 1 aromatic carbocycles. The van der Waals surface area contributed by atoms with Crippen molar-refractivity contribution in [3.63, 3.8) is 0 Å². The normalized spacial score (nSPS) is 18.2. The van der Waals surface area contributed by atoms with Crippen molar-refractivity contribution < 1.29 is 0 Å². The first-order valence-corrected chi connectivity index (χ1v) is 8.19. The number of benzene rings is 1. The number of rotatable bonds is 4. The van der Waals surface area contributed by atoms with Gasteiger partial charge in [0.2, 0.25) is 0 Å². The minimum atomic E-state index is 0.478. The Morgan fingerprint density at radius 1 is 1.35 bits per heavy atom. The van der Waals surface area contributed by atoms with Crippen LogP contribution in [-0.4, -0.2) is 31.1 Å². The number of fused-ring (bicyclic) bond motifs is 1. The maximum Gasteiger partial charge on any atom is 0.0400 e. The molecule has 0 unspecified atom stereocenters. The highest BCUT2D eigenvalue weighted by Gasteiger charge is 2.24. The zero-order valence-corrected chi connectivity index (χ0v) is 12.9. The largest absolute Gasteiger partial charge is 0.314 e. The molecule has 1 fully saturated rings. The second-order valence-corrected chi connectivity index (χ2v) is 6.56. The molecule has 20 heavy (non-hydrogen) atoms. The molecule has 0 radical (unpaired) electrons. The van der Waals surface area contributed by atoms with Crippen molar-refractivity contribution in [1.82, 2.24) is 10.2 Å². The molecular weight excluding hydrogens is 264 g/mol. The third-order valence-corrected chi connectivity index (χ3v) is 4.99. The summed E-state index contributed by atoms with van der Waals surface area (Å²) >= 11 is 1.86. The molecule has 0 amide bonds. The predicted octanol–water partition coefficient (Wildman–Crippen LogP) is 3.81. The van der Waals surface area contributed by atoms with Crippen LogP contribution in [0.15, 0.2) is 41.8 Å². The average molecular weight is 286 g/mol. The summed E-state index contributed by atoms with van der Waals surface area (Å²) in [5, 5.41) is 7.21. The second-order valence-electron chi connectivity index (χ2n) is 5.65. The van der Waals surface area contributed by atoms with E-state index in [2.05, 4.69) is 53.4 Å². The van der Waals surface area contributed by atoms with E-state index >= 15 is 0 Å². The summed E-state index contributed by atoms with van der Waals surface area (Å²) in [6.07, 6.45) is 1.06. The first-order chi connectivity index (χ1) is 9.75. The van der Waals surface area contributed by atoms with Crippen LogP contribution < -0.4 is 5.32 Å². The Bertz CT molecular complexity index is 596. The third-order valence-electron chi connectivity index (χ3n) is 4.00.